The molecule has 2 atom stereocenters. The van der Waals surface area contributed by atoms with E-state index in [1.165, 1.54) is 0 Å². The predicted molar refractivity (Wildman–Crippen MR) is 73.7 cm³/mol. The molecule has 2 aliphatic rings. The summed E-state index contributed by atoms with van der Waals surface area (Å²) >= 11 is 5.98. The number of anilines is 2. The zero-order valence-corrected chi connectivity index (χ0v) is 11.7. The third-order valence-corrected chi connectivity index (χ3v) is 3.62. The fraction of sp³-hybridized carbons (Fsp3) is 0.750. The van der Waals surface area contributed by atoms with Crippen LogP contribution in [0.5, 0.6) is 0 Å². The van der Waals surface area contributed by atoms with Gasteiger partial charge >= 0.3 is 0 Å². The maximum absolute atomic E-state index is 5.98. The highest BCUT2D eigenvalue weighted by Gasteiger charge is 2.34. The quantitative estimate of drug-likeness (QED) is 0.908. The predicted octanol–water partition coefficient (Wildman–Crippen LogP) is 1.71. The SMILES string of the molecule is CCCNc1nc(Cl)nc(N2CC3CCC(C2)O3)n1. The van der Waals surface area contributed by atoms with Gasteiger partial charge in [0.2, 0.25) is 17.2 Å². The topological polar surface area (TPSA) is 63.2 Å². The van der Waals surface area contributed by atoms with E-state index < -0.39 is 0 Å². The molecular formula is C12H18ClN5O. The second-order valence-electron chi connectivity index (χ2n) is 5.02. The zero-order valence-electron chi connectivity index (χ0n) is 11.0. The Bertz CT molecular complexity index is 446. The van der Waals surface area contributed by atoms with E-state index in [9.17, 15) is 0 Å². The minimum atomic E-state index is 0.238. The van der Waals surface area contributed by atoms with Gasteiger partial charge in [0.1, 0.15) is 0 Å². The molecule has 0 spiro atoms. The van der Waals surface area contributed by atoms with Crippen LogP contribution in [0.2, 0.25) is 5.28 Å². The van der Waals surface area contributed by atoms with Gasteiger partial charge in [-0.05, 0) is 30.9 Å². The first-order chi connectivity index (χ1) is 9.24. The maximum atomic E-state index is 5.98. The minimum Gasteiger partial charge on any atom is -0.371 e. The highest BCUT2D eigenvalue weighted by Crippen LogP contribution is 2.28. The first kappa shape index (κ1) is 12.9. The van der Waals surface area contributed by atoms with E-state index in [0.717, 1.165) is 38.9 Å². The molecule has 1 aromatic rings. The summed E-state index contributed by atoms with van der Waals surface area (Å²) in [6.07, 6.45) is 3.88. The number of fused-ring (bicyclic) bond motifs is 2. The summed E-state index contributed by atoms with van der Waals surface area (Å²) in [5, 5.41) is 3.39. The monoisotopic (exact) mass is 283 g/mol. The first-order valence-electron chi connectivity index (χ1n) is 6.80. The molecule has 7 heteroatoms. The van der Waals surface area contributed by atoms with Crippen molar-refractivity contribution in [2.75, 3.05) is 29.9 Å². The van der Waals surface area contributed by atoms with Gasteiger partial charge in [-0.2, -0.15) is 15.0 Å². The summed E-state index contributed by atoms with van der Waals surface area (Å²) in [5.41, 5.74) is 0. The normalized spacial score (nSPS) is 25.7. The molecule has 2 aliphatic heterocycles. The van der Waals surface area contributed by atoms with Gasteiger partial charge < -0.3 is 15.0 Å². The summed E-state index contributed by atoms with van der Waals surface area (Å²) in [7, 11) is 0. The number of nitrogens with zero attached hydrogens (tertiary/aromatic N) is 4. The summed E-state index contributed by atoms with van der Waals surface area (Å²) in [4.78, 5) is 14.9. The van der Waals surface area contributed by atoms with Crippen LogP contribution in [0.25, 0.3) is 0 Å². The van der Waals surface area contributed by atoms with E-state index in [1.807, 2.05) is 0 Å². The van der Waals surface area contributed by atoms with Crippen LogP contribution in [0.4, 0.5) is 11.9 Å². The Labute approximate surface area is 117 Å². The number of nitrogens with one attached hydrogen (secondary N) is 1. The van der Waals surface area contributed by atoms with Crippen LogP contribution >= 0.6 is 11.6 Å². The number of morpholine rings is 1. The van der Waals surface area contributed by atoms with E-state index in [1.54, 1.807) is 0 Å². The molecule has 0 radical (unpaired) electrons. The molecule has 2 saturated heterocycles. The molecule has 0 saturated carbocycles. The molecule has 3 rings (SSSR count). The van der Waals surface area contributed by atoms with Gasteiger partial charge in [-0.25, -0.2) is 0 Å². The standard InChI is InChI=1S/C12H18ClN5O/c1-2-5-14-11-15-10(13)16-12(17-11)18-6-8-3-4-9(7-18)19-8/h8-9H,2-7H2,1H3,(H,14,15,16,17). The number of hydrogen-bond donors (Lipinski definition) is 1. The van der Waals surface area contributed by atoms with Crippen LogP contribution in [0, 0.1) is 0 Å². The Morgan fingerprint density at radius 2 is 2.00 bits per heavy atom. The van der Waals surface area contributed by atoms with Crippen molar-refractivity contribution in [3.05, 3.63) is 5.28 Å². The van der Waals surface area contributed by atoms with Crippen molar-refractivity contribution < 1.29 is 4.74 Å². The van der Waals surface area contributed by atoms with Crippen molar-refractivity contribution in [3.63, 3.8) is 0 Å². The van der Waals surface area contributed by atoms with Gasteiger partial charge in [-0.3, -0.25) is 0 Å². The second kappa shape index (κ2) is 5.46. The second-order valence-corrected chi connectivity index (χ2v) is 5.36. The molecule has 6 nitrogen and oxygen atoms in total. The number of ether oxygens (including phenoxy) is 1. The van der Waals surface area contributed by atoms with Crippen molar-refractivity contribution in [2.24, 2.45) is 0 Å². The Hall–Kier alpha value is -1.14. The Kier molecular flexibility index (Phi) is 3.70. The smallest absolute Gasteiger partial charge is 0.231 e. The van der Waals surface area contributed by atoms with Crippen molar-refractivity contribution in [2.45, 2.75) is 38.4 Å². The van der Waals surface area contributed by atoms with Crippen LogP contribution in [0.3, 0.4) is 0 Å². The van der Waals surface area contributed by atoms with Crippen LogP contribution in [-0.4, -0.2) is 46.8 Å². The van der Waals surface area contributed by atoms with E-state index in [-0.39, 0.29) is 5.28 Å². The molecule has 2 fully saturated rings. The van der Waals surface area contributed by atoms with Gasteiger partial charge in [-0.15, -0.1) is 0 Å². The fourth-order valence-corrected chi connectivity index (χ4v) is 2.73. The summed E-state index contributed by atoms with van der Waals surface area (Å²) in [6.45, 7) is 4.60. The summed E-state index contributed by atoms with van der Waals surface area (Å²) < 4.78 is 5.81. The summed E-state index contributed by atoms with van der Waals surface area (Å²) in [6, 6.07) is 0. The largest absolute Gasteiger partial charge is 0.371 e. The van der Waals surface area contributed by atoms with Crippen molar-refractivity contribution >= 4 is 23.5 Å². The van der Waals surface area contributed by atoms with E-state index in [0.29, 0.717) is 24.1 Å². The van der Waals surface area contributed by atoms with Crippen LogP contribution in [-0.2, 0) is 4.74 Å². The van der Waals surface area contributed by atoms with E-state index in [4.69, 9.17) is 16.3 Å². The van der Waals surface area contributed by atoms with Gasteiger partial charge in [-0.1, -0.05) is 6.92 Å². The highest BCUT2D eigenvalue weighted by atomic mass is 35.5. The first-order valence-corrected chi connectivity index (χ1v) is 7.18. The lowest BCUT2D eigenvalue weighted by atomic mass is 10.2. The fourth-order valence-electron chi connectivity index (χ4n) is 2.58. The molecule has 104 valence electrons. The average Bonchev–Trinajstić information content (AvgIpc) is 2.74. The van der Waals surface area contributed by atoms with Crippen molar-refractivity contribution in [1.82, 2.24) is 15.0 Å². The molecule has 0 amide bonds. The lowest BCUT2D eigenvalue weighted by Crippen LogP contribution is -2.43. The molecule has 19 heavy (non-hydrogen) atoms. The van der Waals surface area contributed by atoms with Gasteiger partial charge in [0.05, 0.1) is 12.2 Å². The van der Waals surface area contributed by atoms with Gasteiger partial charge in [0.25, 0.3) is 0 Å². The number of rotatable bonds is 4. The Balaban J connectivity index is 1.77. The molecular weight excluding hydrogens is 266 g/mol. The van der Waals surface area contributed by atoms with E-state index >= 15 is 0 Å². The molecule has 2 unspecified atom stereocenters. The third kappa shape index (κ3) is 2.90. The van der Waals surface area contributed by atoms with Gasteiger partial charge in [0, 0.05) is 19.6 Å². The van der Waals surface area contributed by atoms with Crippen LogP contribution < -0.4 is 10.2 Å². The Morgan fingerprint density at radius 3 is 2.68 bits per heavy atom. The molecule has 1 N–H and O–H groups in total. The van der Waals surface area contributed by atoms with Crippen LogP contribution in [0.15, 0.2) is 0 Å². The van der Waals surface area contributed by atoms with Crippen molar-refractivity contribution in [1.29, 1.82) is 0 Å². The van der Waals surface area contributed by atoms with E-state index in [2.05, 4.69) is 32.1 Å². The lowest BCUT2D eigenvalue weighted by Gasteiger charge is -2.32. The molecule has 3 heterocycles. The van der Waals surface area contributed by atoms with Crippen molar-refractivity contribution in [3.8, 4) is 0 Å². The number of hydrogen-bond acceptors (Lipinski definition) is 6. The minimum absolute atomic E-state index is 0.238. The maximum Gasteiger partial charge on any atom is 0.231 e. The van der Waals surface area contributed by atoms with Crippen LogP contribution in [0.1, 0.15) is 26.2 Å². The third-order valence-electron chi connectivity index (χ3n) is 3.46. The Morgan fingerprint density at radius 1 is 1.26 bits per heavy atom. The molecule has 1 aromatic heterocycles. The number of aromatic nitrogens is 3. The lowest BCUT2D eigenvalue weighted by molar-refractivity contribution is 0.0299. The van der Waals surface area contributed by atoms with Gasteiger partial charge in [0.15, 0.2) is 0 Å². The molecule has 0 aliphatic carbocycles. The zero-order chi connectivity index (χ0) is 13.2. The molecule has 0 aromatic carbocycles. The average molecular weight is 284 g/mol. The molecule has 2 bridgehead atoms. The number of halogens is 1. The highest BCUT2D eigenvalue weighted by molar-refractivity contribution is 6.28. The summed E-state index contributed by atoms with van der Waals surface area (Å²) in [5.74, 6) is 1.20.